The van der Waals surface area contributed by atoms with Crippen molar-refractivity contribution in [2.24, 2.45) is 0 Å². The smallest absolute Gasteiger partial charge is 0.137 e. The van der Waals surface area contributed by atoms with Gasteiger partial charge in [0.05, 0.1) is 6.04 Å². The normalized spacial score (nSPS) is 13.1. The third kappa shape index (κ3) is 3.40. The van der Waals surface area contributed by atoms with Gasteiger partial charge in [-0.1, -0.05) is 36.2 Å². The molecular weight excluding hydrogens is 302 g/mol. The zero-order valence-corrected chi connectivity index (χ0v) is 13.5. The Morgan fingerprint density at radius 2 is 2.00 bits per heavy atom. The van der Waals surface area contributed by atoms with Crippen molar-refractivity contribution in [1.82, 2.24) is 5.32 Å². The van der Waals surface area contributed by atoms with Crippen molar-refractivity contribution in [2.75, 3.05) is 6.54 Å². The first-order valence-corrected chi connectivity index (χ1v) is 7.88. The van der Waals surface area contributed by atoms with E-state index in [0.29, 0.717) is 6.04 Å². The van der Waals surface area contributed by atoms with Crippen LogP contribution in [0.15, 0.2) is 27.1 Å². The largest absolute Gasteiger partial charge is 0.459 e. The summed E-state index contributed by atoms with van der Waals surface area (Å²) >= 11 is 3.54. The van der Waals surface area contributed by atoms with E-state index in [4.69, 9.17) is 4.42 Å². The molecule has 1 aromatic carbocycles. The van der Waals surface area contributed by atoms with Gasteiger partial charge >= 0.3 is 0 Å². The van der Waals surface area contributed by atoms with Gasteiger partial charge in [-0.25, -0.2) is 0 Å². The van der Waals surface area contributed by atoms with Crippen molar-refractivity contribution >= 4 is 26.9 Å². The summed E-state index contributed by atoms with van der Waals surface area (Å²) in [7, 11) is 0. The lowest BCUT2D eigenvalue weighted by Crippen LogP contribution is -2.21. The summed E-state index contributed by atoms with van der Waals surface area (Å²) in [5, 5.41) is 4.76. The highest BCUT2D eigenvalue weighted by Gasteiger charge is 2.16. The Morgan fingerprint density at radius 1 is 1.21 bits per heavy atom. The Labute approximate surface area is 123 Å². The summed E-state index contributed by atoms with van der Waals surface area (Å²) in [6.07, 6.45) is 3.41. The molecule has 0 radical (unpaired) electrons. The highest BCUT2D eigenvalue weighted by molar-refractivity contribution is 9.10. The molecule has 2 rings (SSSR count). The molecule has 0 saturated heterocycles. The van der Waals surface area contributed by atoms with E-state index in [0.717, 1.165) is 41.6 Å². The second-order valence-electron chi connectivity index (χ2n) is 5.09. The number of halogens is 1. The van der Waals surface area contributed by atoms with Crippen LogP contribution in [0.5, 0.6) is 0 Å². The van der Waals surface area contributed by atoms with E-state index in [1.807, 2.05) is 0 Å². The standard InChI is InChI=1S/C16H22BrNO/c1-4-6-14(18-7-5-2)15-10-12-9-13(17)8-11(3)16(12)19-15/h8-10,14,18H,4-7H2,1-3H3. The highest BCUT2D eigenvalue weighted by atomic mass is 79.9. The molecule has 0 bridgehead atoms. The van der Waals surface area contributed by atoms with Gasteiger partial charge in [0.2, 0.25) is 0 Å². The van der Waals surface area contributed by atoms with Gasteiger partial charge in [0.1, 0.15) is 11.3 Å². The third-order valence-corrected chi connectivity index (χ3v) is 3.81. The number of nitrogens with one attached hydrogen (secondary N) is 1. The predicted octanol–water partition coefficient (Wildman–Crippen LogP) is 5.34. The fraction of sp³-hybridized carbons (Fsp3) is 0.500. The maximum absolute atomic E-state index is 6.08. The van der Waals surface area contributed by atoms with E-state index in [1.165, 1.54) is 10.9 Å². The molecule has 3 heteroatoms. The van der Waals surface area contributed by atoms with Gasteiger partial charge in [0, 0.05) is 9.86 Å². The van der Waals surface area contributed by atoms with E-state index in [1.54, 1.807) is 0 Å². The first kappa shape index (κ1) is 14.6. The molecule has 104 valence electrons. The minimum absolute atomic E-state index is 0.329. The molecular formula is C16H22BrNO. The van der Waals surface area contributed by atoms with Crippen LogP contribution < -0.4 is 5.32 Å². The Morgan fingerprint density at radius 3 is 2.68 bits per heavy atom. The second-order valence-corrected chi connectivity index (χ2v) is 6.00. The fourth-order valence-corrected chi connectivity index (χ4v) is 3.02. The van der Waals surface area contributed by atoms with Crippen molar-refractivity contribution in [3.63, 3.8) is 0 Å². The van der Waals surface area contributed by atoms with Crippen LogP contribution in [0, 0.1) is 6.92 Å². The van der Waals surface area contributed by atoms with E-state index < -0.39 is 0 Å². The Bertz CT molecular complexity index is 547. The lowest BCUT2D eigenvalue weighted by molar-refractivity contribution is 0.407. The molecule has 0 amide bonds. The maximum atomic E-state index is 6.08. The van der Waals surface area contributed by atoms with Gasteiger partial charge in [-0.3, -0.25) is 0 Å². The van der Waals surface area contributed by atoms with Gasteiger partial charge in [0.25, 0.3) is 0 Å². The van der Waals surface area contributed by atoms with Gasteiger partial charge in [-0.2, -0.15) is 0 Å². The van der Waals surface area contributed by atoms with Crippen molar-refractivity contribution in [1.29, 1.82) is 0 Å². The molecule has 1 atom stereocenters. The van der Waals surface area contributed by atoms with Crippen molar-refractivity contribution in [3.8, 4) is 0 Å². The summed E-state index contributed by atoms with van der Waals surface area (Å²) in [5.41, 5.74) is 2.19. The van der Waals surface area contributed by atoms with Crippen LogP contribution in [-0.4, -0.2) is 6.54 Å². The molecule has 0 aliphatic heterocycles. The van der Waals surface area contributed by atoms with Crippen molar-refractivity contribution in [3.05, 3.63) is 34.0 Å². The lowest BCUT2D eigenvalue weighted by Gasteiger charge is -2.14. The summed E-state index contributed by atoms with van der Waals surface area (Å²) in [6.45, 7) is 7.53. The average Bonchev–Trinajstić information content (AvgIpc) is 2.78. The molecule has 0 aliphatic carbocycles. The number of hydrogen-bond acceptors (Lipinski definition) is 2. The third-order valence-electron chi connectivity index (χ3n) is 3.35. The van der Waals surface area contributed by atoms with E-state index >= 15 is 0 Å². The molecule has 2 aromatic rings. The highest BCUT2D eigenvalue weighted by Crippen LogP contribution is 2.30. The van der Waals surface area contributed by atoms with Crippen LogP contribution in [0.25, 0.3) is 11.0 Å². The van der Waals surface area contributed by atoms with Crippen LogP contribution in [0.2, 0.25) is 0 Å². The molecule has 0 aliphatic rings. The van der Waals surface area contributed by atoms with Gasteiger partial charge in [-0.15, -0.1) is 0 Å². The molecule has 0 spiro atoms. The van der Waals surface area contributed by atoms with Crippen LogP contribution in [0.1, 0.15) is 50.5 Å². The zero-order valence-electron chi connectivity index (χ0n) is 11.9. The number of furan rings is 1. The minimum Gasteiger partial charge on any atom is -0.459 e. The second kappa shape index (κ2) is 6.58. The molecule has 0 saturated carbocycles. The summed E-state index contributed by atoms with van der Waals surface area (Å²) in [5.74, 6) is 1.06. The number of fused-ring (bicyclic) bond motifs is 1. The summed E-state index contributed by atoms with van der Waals surface area (Å²) in [4.78, 5) is 0. The number of hydrogen-bond donors (Lipinski definition) is 1. The SMILES string of the molecule is CCCNC(CCC)c1cc2cc(Br)cc(C)c2o1. The molecule has 1 unspecified atom stereocenters. The van der Waals surface area contributed by atoms with Crippen LogP contribution in [0.3, 0.4) is 0 Å². The average molecular weight is 324 g/mol. The summed E-state index contributed by atoms with van der Waals surface area (Å²) in [6, 6.07) is 6.73. The number of aryl methyl sites for hydroxylation is 1. The van der Waals surface area contributed by atoms with Gasteiger partial charge in [-0.05, 0) is 50.1 Å². The molecule has 0 fully saturated rings. The number of rotatable bonds is 6. The molecule has 19 heavy (non-hydrogen) atoms. The fourth-order valence-electron chi connectivity index (χ4n) is 2.43. The quantitative estimate of drug-likeness (QED) is 0.775. The van der Waals surface area contributed by atoms with Crippen LogP contribution >= 0.6 is 15.9 Å². The Kier molecular flexibility index (Phi) is 5.06. The topological polar surface area (TPSA) is 25.2 Å². The monoisotopic (exact) mass is 323 g/mol. The lowest BCUT2D eigenvalue weighted by atomic mass is 10.1. The molecule has 2 nitrogen and oxygen atoms in total. The minimum atomic E-state index is 0.329. The first-order chi connectivity index (χ1) is 9.15. The van der Waals surface area contributed by atoms with E-state index in [9.17, 15) is 0 Å². The van der Waals surface area contributed by atoms with E-state index in [2.05, 4.69) is 60.2 Å². The van der Waals surface area contributed by atoms with Crippen LogP contribution in [-0.2, 0) is 0 Å². The zero-order chi connectivity index (χ0) is 13.8. The predicted molar refractivity (Wildman–Crippen MR) is 84.6 cm³/mol. The van der Waals surface area contributed by atoms with Crippen molar-refractivity contribution in [2.45, 2.75) is 46.1 Å². The first-order valence-electron chi connectivity index (χ1n) is 7.08. The van der Waals surface area contributed by atoms with Gasteiger partial charge in [0.15, 0.2) is 0 Å². The van der Waals surface area contributed by atoms with E-state index in [-0.39, 0.29) is 0 Å². The maximum Gasteiger partial charge on any atom is 0.137 e. The van der Waals surface area contributed by atoms with Crippen molar-refractivity contribution < 1.29 is 4.42 Å². The molecule has 1 N–H and O–H groups in total. The molecule has 1 aromatic heterocycles. The number of benzene rings is 1. The molecule has 1 heterocycles. The Balaban J connectivity index is 2.34. The van der Waals surface area contributed by atoms with Gasteiger partial charge < -0.3 is 9.73 Å². The Hall–Kier alpha value is -0.800. The van der Waals surface area contributed by atoms with Crippen LogP contribution in [0.4, 0.5) is 0 Å². The summed E-state index contributed by atoms with van der Waals surface area (Å²) < 4.78 is 7.19.